The molecule has 0 bridgehead atoms. The molecule has 19 heavy (non-hydrogen) atoms. The number of nitrogens with zero attached hydrogens (tertiary/aromatic N) is 4. The number of nitriles is 1. The Balaban J connectivity index is 2.30. The molecule has 2 rings (SSSR count). The normalized spacial score (nSPS) is 11.2. The fourth-order valence-electron chi connectivity index (χ4n) is 1.25. The van der Waals surface area contributed by atoms with Crippen LogP contribution in [0.2, 0.25) is 5.02 Å². The number of halogens is 3. The molecule has 6 nitrogen and oxygen atoms in total. The molecule has 0 atom stereocenters. The molecule has 0 aliphatic rings. The van der Waals surface area contributed by atoms with E-state index >= 15 is 0 Å². The first-order valence-electron chi connectivity index (χ1n) is 4.87. The van der Waals surface area contributed by atoms with Crippen molar-refractivity contribution in [2.24, 2.45) is 0 Å². The van der Waals surface area contributed by atoms with E-state index in [1.165, 1.54) is 12.3 Å². The van der Waals surface area contributed by atoms with Crippen LogP contribution in [0.5, 0.6) is 0 Å². The first kappa shape index (κ1) is 13.5. The second-order valence-corrected chi connectivity index (χ2v) is 4.58. The van der Waals surface area contributed by atoms with Gasteiger partial charge in [0.15, 0.2) is 0 Å². The predicted molar refractivity (Wildman–Crippen MR) is 70.5 cm³/mol. The molecule has 2 N–H and O–H groups in total. The molecule has 0 fully saturated rings. The molecule has 0 aliphatic carbocycles. The van der Waals surface area contributed by atoms with Crippen molar-refractivity contribution >= 4 is 38.8 Å². The quantitative estimate of drug-likeness (QED) is 0.836. The van der Waals surface area contributed by atoms with Crippen LogP contribution in [0.25, 0.3) is 5.57 Å². The maximum absolute atomic E-state index is 13.7. The molecule has 0 aliphatic heterocycles. The topological polar surface area (TPSA) is 90.3 Å². The zero-order valence-electron chi connectivity index (χ0n) is 9.15. The molecular weight excluding hydrogens is 339 g/mol. The number of aromatic amines is 1. The highest BCUT2D eigenvalue weighted by atomic mass is 79.9. The van der Waals surface area contributed by atoms with Gasteiger partial charge in [-0.2, -0.15) is 10.5 Å². The number of hydrogen-bond donors (Lipinski definition) is 2. The lowest BCUT2D eigenvalue weighted by Crippen LogP contribution is -1.96. The van der Waals surface area contributed by atoms with E-state index in [0.29, 0.717) is 4.47 Å². The van der Waals surface area contributed by atoms with Gasteiger partial charge in [-0.05, 0) is 33.3 Å². The lowest BCUT2D eigenvalue weighted by atomic mass is 10.3. The van der Waals surface area contributed by atoms with Crippen molar-refractivity contribution in [1.29, 1.82) is 5.26 Å². The number of aromatic nitrogens is 4. The van der Waals surface area contributed by atoms with Crippen molar-refractivity contribution in [3.63, 3.8) is 0 Å². The van der Waals surface area contributed by atoms with E-state index in [4.69, 9.17) is 16.9 Å². The highest BCUT2D eigenvalue weighted by Gasteiger charge is 2.10. The van der Waals surface area contributed by atoms with Crippen LogP contribution in [0.1, 0.15) is 5.82 Å². The van der Waals surface area contributed by atoms with Gasteiger partial charge in [0, 0.05) is 15.7 Å². The van der Waals surface area contributed by atoms with Crippen molar-refractivity contribution in [2.75, 3.05) is 5.32 Å². The highest BCUT2D eigenvalue weighted by Crippen LogP contribution is 2.29. The van der Waals surface area contributed by atoms with E-state index in [9.17, 15) is 4.39 Å². The van der Waals surface area contributed by atoms with Crippen LogP contribution in [0, 0.1) is 17.1 Å². The maximum atomic E-state index is 13.7. The van der Waals surface area contributed by atoms with Gasteiger partial charge < -0.3 is 5.32 Å². The molecule has 1 aromatic carbocycles. The van der Waals surface area contributed by atoms with Crippen molar-refractivity contribution < 1.29 is 4.39 Å². The Labute approximate surface area is 120 Å². The number of rotatable bonds is 3. The molecule has 0 saturated heterocycles. The Morgan fingerprint density at radius 2 is 2.37 bits per heavy atom. The highest BCUT2D eigenvalue weighted by molar-refractivity contribution is 9.10. The minimum atomic E-state index is -0.555. The summed E-state index contributed by atoms with van der Waals surface area (Å²) in [4.78, 5) is 0. The van der Waals surface area contributed by atoms with Gasteiger partial charge in [-0.1, -0.05) is 11.6 Å². The van der Waals surface area contributed by atoms with Crippen LogP contribution >= 0.6 is 27.5 Å². The molecule has 9 heteroatoms. The molecule has 0 radical (unpaired) electrons. The molecule has 0 spiro atoms. The van der Waals surface area contributed by atoms with E-state index in [2.05, 4.69) is 41.9 Å². The number of tetrazole rings is 1. The van der Waals surface area contributed by atoms with Gasteiger partial charge in [0.25, 0.3) is 0 Å². The zero-order valence-corrected chi connectivity index (χ0v) is 11.5. The van der Waals surface area contributed by atoms with Gasteiger partial charge in [0.05, 0.1) is 5.69 Å². The number of nitrogens with one attached hydrogen (secondary N) is 2. The van der Waals surface area contributed by atoms with E-state index in [-0.39, 0.29) is 22.1 Å². The minimum Gasteiger partial charge on any atom is -0.357 e. The van der Waals surface area contributed by atoms with E-state index in [1.807, 2.05) is 6.07 Å². The number of anilines is 1. The van der Waals surface area contributed by atoms with Gasteiger partial charge in [-0.15, -0.1) is 10.2 Å². The van der Waals surface area contributed by atoms with E-state index in [1.54, 1.807) is 0 Å². The number of benzene rings is 1. The summed E-state index contributed by atoms with van der Waals surface area (Å²) in [5, 5.41) is 24.7. The molecule has 1 aromatic heterocycles. The van der Waals surface area contributed by atoms with Crippen LogP contribution in [0.15, 0.2) is 22.8 Å². The largest absolute Gasteiger partial charge is 0.357 e. The molecule has 1 heterocycles. The van der Waals surface area contributed by atoms with Crippen LogP contribution in [0.3, 0.4) is 0 Å². The third-order valence-corrected chi connectivity index (χ3v) is 2.92. The van der Waals surface area contributed by atoms with Crippen LogP contribution in [-0.2, 0) is 0 Å². The van der Waals surface area contributed by atoms with Crippen LogP contribution in [0.4, 0.5) is 10.1 Å². The average Bonchev–Trinajstić information content (AvgIpc) is 2.86. The van der Waals surface area contributed by atoms with E-state index in [0.717, 1.165) is 6.07 Å². The third-order valence-electron chi connectivity index (χ3n) is 2.07. The SMILES string of the molecule is N#CC(=CNc1c(F)cc(Cl)cc1Br)c1nn[nH]n1. The predicted octanol–water partition coefficient (Wildman–Crippen LogP) is 2.73. The minimum absolute atomic E-state index is 0.106. The van der Waals surface area contributed by atoms with Crippen molar-refractivity contribution in [1.82, 2.24) is 20.6 Å². The van der Waals surface area contributed by atoms with Crippen molar-refractivity contribution in [3.8, 4) is 6.07 Å². The zero-order chi connectivity index (χ0) is 13.8. The first-order valence-corrected chi connectivity index (χ1v) is 6.04. The average molecular weight is 344 g/mol. The summed E-state index contributed by atoms with van der Waals surface area (Å²) in [5.41, 5.74) is 0.260. The number of allylic oxidation sites excluding steroid dienone is 1. The summed E-state index contributed by atoms with van der Waals surface area (Å²) in [7, 11) is 0. The summed E-state index contributed by atoms with van der Waals surface area (Å²) in [6.45, 7) is 0. The summed E-state index contributed by atoms with van der Waals surface area (Å²) in [6, 6.07) is 4.56. The van der Waals surface area contributed by atoms with Gasteiger partial charge in [-0.25, -0.2) is 4.39 Å². The summed E-state index contributed by atoms with van der Waals surface area (Å²) in [6.07, 6.45) is 1.28. The monoisotopic (exact) mass is 342 g/mol. The van der Waals surface area contributed by atoms with Crippen molar-refractivity contribution in [2.45, 2.75) is 0 Å². The summed E-state index contributed by atoms with van der Waals surface area (Å²) >= 11 is 8.87. The van der Waals surface area contributed by atoms with E-state index < -0.39 is 5.82 Å². The number of hydrogen-bond acceptors (Lipinski definition) is 5. The second-order valence-electron chi connectivity index (χ2n) is 3.29. The lowest BCUT2D eigenvalue weighted by molar-refractivity contribution is 0.631. The van der Waals surface area contributed by atoms with Gasteiger partial charge in [0.2, 0.25) is 5.82 Å². The fraction of sp³-hybridized carbons (Fsp3) is 0. The third kappa shape index (κ3) is 3.07. The second kappa shape index (κ2) is 5.77. The molecular formula is C10H5BrClFN6. The Kier molecular flexibility index (Phi) is 4.09. The maximum Gasteiger partial charge on any atom is 0.216 e. The standard InChI is InChI=1S/C10H5BrClFN6/c11-7-1-6(12)2-8(13)9(7)15-4-5(3-14)10-16-18-19-17-10/h1-2,4,15H,(H,16,17,18,19). The van der Waals surface area contributed by atoms with Crippen molar-refractivity contribution in [3.05, 3.63) is 39.5 Å². The molecule has 0 saturated carbocycles. The Bertz CT molecular complexity index is 640. The molecule has 0 unspecified atom stereocenters. The molecule has 2 aromatic rings. The Hall–Kier alpha value is -1.98. The molecule has 0 amide bonds. The van der Waals surface area contributed by atoms with Gasteiger partial charge in [-0.3, -0.25) is 0 Å². The van der Waals surface area contributed by atoms with Gasteiger partial charge >= 0.3 is 0 Å². The number of H-pyrrole nitrogens is 1. The van der Waals surface area contributed by atoms with Crippen LogP contribution in [-0.4, -0.2) is 20.6 Å². The fourth-order valence-corrected chi connectivity index (χ4v) is 2.13. The summed E-state index contributed by atoms with van der Waals surface area (Å²) < 4.78 is 14.1. The van der Waals surface area contributed by atoms with Crippen LogP contribution < -0.4 is 5.32 Å². The first-order chi connectivity index (χ1) is 9.11. The lowest BCUT2D eigenvalue weighted by Gasteiger charge is -2.06. The Morgan fingerprint density at radius 1 is 1.58 bits per heavy atom. The summed E-state index contributed by atoms with van der Waals surface area (Å²) in [5.74, 6) is -0.443. The Morgan fingerprint density at radius 3 is 2.95 bits per heavy atom. The smallest absolute Gasteiger partial charge is 0.216 e. The molecule has 96 valence electrons. The van der Waals surface area contributed by atoms with Gasteiger partial charge in [0.1, 0.15) is 17.5 Å².